The Labute approximate surface area is 189 Å². The van der Waals surface area contributed by atoms with Gasteiger partial charge in [0.05, 0.1) is 11.7 Å². The van der Waals surface area contributed by atoms with Gasteiger partial charge in [-0.3, -0.25) is 4.79 Å². The van der Waals surface area contributed by atoms with Gasteiger partial charge in [0.25, 0.3) is 5.56 Å². The summed E-state index contributed by atoms with van der Waals surface area (Å²) >= 11 is 1.41. The van der Waals surface area contributed by atoms with E-state index in [0.29, 0.717) is 22.6 Å². The lowest BCUT2D eigenvalue weighted by atomic mass is 9.95. The van der Waals surface area contributed by atoms with Gasteiger partial charge in [0.1, 0.15) is 16.1 Å². The number of nitrogens with one attached hydrogen (secondary N) is 2. The van der Waals surface area contributed by atoms with Crippen molar-refractivity contribution in [2.45, 2.75) is 39.2 Å². The number of pyridine rings is 2. The Balaban J connectivity index is 1.64. The number of thiophene rings is 1. The second-order valence-corrected chi connectivity index (χ2v) is 9.75. The number of hydrogen-bond acceptors (Lipinski definition) is 6. The van der Waals surface area contributed by atoms with Crippen LogP contribution in [0.25, 0.3) is 32.1 Å². The van der Waals surface area contributed by atoms with Crippen molar-refractivity contribution in [2.24, 2.45) is 0 Å². The van der Waals surface area contributed by atoms with Crippen LogP contribution in [0, 0.1) is 0 Å². The maximum absolute atomic E-state index is 12.3. The zero-order chi connectivity index (χ0) is 23.0. The van der Waals surface area contributed by atoms with E-state index >= 15 is 0 Å². The minimum atomic E-state index is -0.528. The summed E-state index contributed by atoms with van der Waals surface area (Å²) in [6.45, 7) is 8.01. The Morgan fingerprint density at radius 3 is 2.66 bits per heavy atom. The predicted octanol–water partition coefficient (Wildman–Crippen LogP) is 5.02. The lowest BCUT2D eigenvalue weighted by Crippen LogP contribution is -2.34. The monoisotopic (exact) mass is 450 g/mol. The zero-order valence-electron chi connectivity index (χ0n) is 18.5. The highest BCUT2D eigenvalue weighted by Gasteiger charge is 2.18. The fourth-order valence-electron chi connectivity index (χ4n) is 3.70. The first kappa shape index (κ1) is 21.8. The van der Waals surface area contributed by atoms with Gasteiger partial charge in [-0.2, -0.15) is 0 Å². The number of rotatable bonds is 4. The smallest absolute Gasteiger partial charge is 0.407 e. The number of nitrogen functional groups attached to an aromatic ring is 1. The lowest BCUT2D eigenvalue weighted by Gasteiger charge is -2.21. The van der Waals surface area contributed by atoms with Crippen LogP contribution < -0.4 is 16.6 Å². The van der Waals surface area contributed by atoms with E-state index in [1.807, 2.05) is 63.4 Å². The summed E-state index contributed by atoms with van der Waals surface area (Å²) in [5.74, 6) is 0.504. The Kier molecular flexibility index (Phi) is 5.64. The molecule has 4 rings (SSSR count). The molecule has 0 fully saturated rings. The van der Waals surface area contributed by atoms with Crippen LogP contribution >= 0.6 is 11.3 Å². The van der Waals surface area contributed by atoms with Crippen LogP contribution in [-0.2, 0) is 4.74 Å². The molecule has 4 N–H and O–H groups in total. The average molecular weight is 451 g/mol. The minimum Gasteiger partial charge on any atom is -0.444 e. The number of anilines is 1. The SMILES string of the molecule is CC(CNC(=O)OC(C)(C)C)c1ccc(-c2c(N)ncc3[nH]c(=O)c4sccc4c23)cc1. The number of ether oxygens (including phenoxy) is 1. The van der Waals surface area contributed by atoms with E-state index in [1.165, 1.54) is 11.3 Å². The van der Waals surface area contributed by atoms with Crippen LogP contribution in [0.1, 0.15) is 39.2 Å². The molecule has 166 valence electrons. The molecular weight excluding hydrogens is 424 g/mol. The van der Waals surface area contributed by atoms with Gasteiger partial charge in [0.2, 0.25) is 0 Å². The van der Waals surface area contributed by atoms with Gasteiger partial charge in [-0.1, -0.05) is 31.2 Å². The van der Waals surface area contributed by atoms with Crippen molar-refractivity contribution in [2.75, 3.05) is 12.3 Å². The first-order valence-electron chi connectivity index (χ1n) is 10.4. The molecule has 8 heteroatoms. The molecule has 0 aliphatic rings. The van der Waals surface area contributed by atoms with Crippen LogP contribution in [0.4, 0.5) is 10.6 Å². The highest BCUT2D eigenvalue weighted by Crippen LogP contribution is 2.37. The highest BCUT2D eigenvalue weighted by atomic mass is 32.1. The van der Waals surface area contributed by atoms with Crippen LogP contribution in [-0.4, -0.2) is 28.2 Å². The third-order valence-corrected chi connectivity index (χ3v) is 6.13. The van der Waals surface area contributed by atoms with E-state index in [9.17, 15) is 9.59 Å². The molecule has 0 aliphatic heterocycles. The highest BCUT2D eigenvalue weighted by molar-refractivity contribution is 7.17. The lowest BCUT2D eigenvalue weighted by molar-refractivity contribution is 0.0525. The Bertz CT molecular complexity index is 1350. The van der Waals surface area contributed by atoms with E-state index in [0.717, 1.165) is 27.5 Å². The van der Waals surface area contributed by atoms with Crippen molar-refractivity contribution in [3.05, 3.63) is 57.8 Å². The molecule has 1 unspecified atom stereocenters. The molecule has 32 heavy (non-hydrogen) atoms. The summed E-state index contributed by atoms with van der Waals surface area (Å²) in [6.07, 6.45) is 1.18. The topological polar surface area (TPSA) is 110 Å². The first-order valence-corrected chi connectivity index (χ1v) is 11.3. The number of benzene rings is 1. The van der Waals surface area contributed by atoms with Gasteiger partial charge in [-0.25, -0.2) is 9.78 Å². The molecule has 1 amide bonds. The Hall–Kier alpha value is -3.39. The molecule has 3 heterocycles. The summed E-state index contributed by atoms with van der Waals surface area (Å²) in [7, 11) is 0. The number of carbonyl (C=O) groups excluding carboxylic acids is 1. The van der Waals surface area contributed by atoms with Crippen molar-refractivity contribution in [1.82, 2.24) is 15.3 Å². The fourth-order valence-corrected chi connectivity index (χ4v) is 4.50. The third kappa shape index (κ3) is 4.31. The second kappa shape index (κ2) is 8.27. The van der Waals surface area contributed by atoms with E-state index < -0.39 is 11.7 Å². The number of hydrogen-bond donors (Lipinski definition) is 3. The molecule has 0 saturated carbocycles. The average Bonchev–Trinajstić information content (AvgIpc) is 3.22. The molecule has 3 aromatic heterocycles. The van der Waals surface area contributed by atoms with Gasteiger partial charge in [-0.15, -0.1) is 11.3 Å². The number of nitrogens with zero attached hydrogens (tertiary/aromatic N) is 1. The normalized spacial score (nSPS) is 12.8. The quantitative estimate of drug-likeness (QED) is 0.405. The Morgan fingerprint density at radius 1 is 1.25 bits per heavy atom. The van der Waals surface area contributed by atoms with E-state index in [4.69, 9.17) is 10.5 Å². The van der Waals surface area contributed by atoms with Crippen molar-refractivity contribution in [3.63, 3.8) is 0 Å². The van der Waals surface area contributed by atoms with Gasteiger partial charge >= 0.3 is 6.09 Å². The van der Waals surface area contributed by atoms with Crippen molar-refractivity contribution < 1.29 is 9.53 Å². The summed E-state index contributed by atoms with van der Waals surface area (Å²) in [6, 6.07) is 9.97. The molecule has 0 saturated heterocycles. The van der Waals surface area contributed by atoms with Gasteiger partial charge in [0.15, 0.2) is 0 Å². The molecule has 0 spiro atoms. The molecule has 7 nitrogen and oxygen atoms in total. The molecular formula is C24H26N4O3S. The number of amides is 1. The largest absolute Gasteiger partial charge is 0.444 e. The molecule has 1 atom stereocenters. The fraction of sp³-hybridized carbons (Fsp3) is 0.292. The summed E-state index contributed by atoms with van der Waals surface area (Å²) < 4.78 is 5.97. The third-order valence-electron chi connectivity index (χ3n) is 5.22. The molecule has 4 aromatic rings. The number of fused-ring (bicyclic) bond motifs is 3. The Morgan fingerprint density at radius 2 is 1.97 bits per heavy atom. The molecule has 0 aliphatic carbocycles. The first-order chi connectivity index (χ1) is 15.1. The number of H-pyrrole nitrogens is 1. The summed E-state index contributed by atoms with van der Waals surface area (Å²) in [5.41, 5.74) is 9.08. The maximum Gasteiger partial charge on any atom is 0.407 e. The maximum atomic E-state index is 12.3. The number of alkyl carbamates (subject to hydrolysis) is 1. The van der Waals surface area contributed by atoms with Gasteiger partial charge in [0, 0.05) is 22.9 Å². The van der Waals surface area contributed by atoms with Crippen LogP contribution in [0.2, 0.25) is 0 Å². The number of carbonyl (C=O) groups is 1. The summed E-state index contributed by atoms with van der Waals surface area (Å²) in [5, 5.41) is 6.48. The van der Waals surface area contributed by atoms with Crippen molar-refractivity contribution in [3.8, 4) is 11.1 Å². The number of aromatic amines is 1. The minimum absolute atomic E-state index is 0.0968. The molecule has 0 bridgehead atoms. The van der Waals surface area contributed by atoms with Crippen LogP contribution in [0.15, 0.2) is 46.7 Å². The standard InChI is InChI=1S/C24H26N4O3S/c1-13(11-27-23(30)31-24(2,3)4)14-5-7-15(8-6-14)18-19-16-9-10-32-20(16)22(29)28-17(19)12-26-21(18)25/h5-10,12-13H,11H2,1-4H3,(H2,25,26)(H,27,30)(H,28,29). The van der Waals surface area contributed by atoms with Gasteiger partial charge < -0.3 is 20.8 Å². The predicted molar refractivity (Wildman–Crippen MR) is 130 cm³/mol. The van der Waals surface area contributed by atoms with Crippen molar-refractivity contribution in [1.29, 1.82) is 0 Å². The number of nitrogens with two attached hydrogens (primary N) is 1. The van der Waals surface area contributed by atoms with E-state index in [2.05, 4.69) is 15.3 Å². The van der Waals surface area contributed by atoms with E-state index in [-0.39, 0.29) is 11.5 Å². The van der Waals surface area contributed by atoms with Gasteiger partial charge in [-0.05, 0) is 49.3 Å². The molecule has 0 radical (unpaired) electrons. The zero-order valence-corrected chi connectivity index (χ0v) is 19.3. The summed E-state index contributed by atoms with van der Waals surface area (Å²) in [4.78, 5) is 31.5. The van der Waals surface area contributed by atoms with E-state index in [1.54, 1.807) is 6.20 Å². The van der Waals surface area contributed by atoms with Crippen molar-refractivity contribution >= 4 is 44.2 Å². The van der Waals surface area contributed by atoms with Crippen LogP contribution in [0.3, 0.4) is 0 Å². The number of aromatic nitrogens is 2. The second-order valence-electron chi connectivity index (χ2n) is 8.83. The molecule has 1 aromatic carbocycles. The van der Waals surface area contributed by atoms with Crippen LogP contribution in [0.5, 0.6) is 0 Å².